The van der Waals surface area contributed by atoms with E-state index in [1.54, 1.807) is 38.1 Å². The minimum Gasteiger partial charge on any atom is -0.479 e. The highest BCUT2D eigenvalue weighted by molar-refractivity contribution is 7.53. The lowest BCUT2D eigenvalue weighted by Crippen LogP contribution is -2.40. The van der Waals surface area contributed by atoms with Crippen molar-refractivity contribution in [2.24, 2.45) is 11.7 Å². The highest BCUT2D eigenvalue weighted by atomic mass is 31.2. The summed E-state index contributed by atoms with van der Waals surface area (Å²) in [6, 6.07) is 8.96. The van der Waals surface area contributed by atoms with Crippen LogP contribution in [0.25, 0.3) is 0 Å². The molecule has 3 atom stereocenters. The lowest BCUT2D eigenvalue weighted by Gasteiger charge is -2.28. The number of carboxylic acids is 1. The highest BCUT2D eigenvalue weighted by Gasteiger charge is 2.40. The molecule has 1 amide bonds. The number of nitrogens with one attached hydrogen (secondary N) is 1. The van der Waals surface area contributed by atoms with Crippen molar-refractivity contribution in [3.05, 3.63) is 35.9 Å². The van der Waals surface area contributed by atoms with E-state index in [1.807, 2.05) is 6.07 Å². The number of hydrogen-bond donors (Lipinski definition) is 4. The Hall–Kier alpha value is -1.73. The van der Waals surface area contributed by atoms with Gasteiger partial charge in [-0.05, 0) is 37.3 Å². The first-order chi connectivity index (χ1) is 12.7. The van der Waals surface area contributed by atoms with Crippen molar-refractivity contribution in [3.63, 3.8) is 0 Å². The Morgan fingerprint density at radius 2 is 1.89 bits per heavy atom. The summed E-state index contributed by atoms with van der Waals surface area (Å²) in [5.74, 6) is -3.39. The summed E-state index contributed by atoms with van der Waals surface area (Å²) in [5.41, 5.74) is 6.14. The molecule has 0 aliphatic carbocycles. The van der Waals surface area contributed by atoms with Gasteiger partial charge in [0.2, 0.25) is 5.91 Å². The summed E-state index contributed by atoms with van der Waals surface area (Å²) >= 11 is 0. The standard InChI is InChI=1S/C18H29N2O6P.H2/c1-13(2)17(20-16(21)12-14-8-4-3-5-9-14)27(24,25)26-15(18(22)23)10-6-7-11-19;/h3-5,8-9,13,15,17H,6-7,10-12,19H2,1-2H3,(H,20,21)(H,22,23)(H,24,25);1H. The Labute approximate surface area is 161 Å². The van der Waals surface area contributed by atoms with Crippen LogP contribution in [0.4, 0.5) is 0 Å². The third-order valence-electron chi connectivity index (χ3n) is 3.97. The average Bonchev–Trinajstić information content (AvgIpc) is 2.59. The lowest BCUT2D eigenvalue weighted by molar-refractivity contribution is -0.145. The van der Waals surface area contributed by atoms with Gasteiger partial charge in [-0.25, -0.2) is 4.79 Å². The van der Waals surface area contributed by atoms with Crippen molar-refractivity contribution in [3.8, 4) is 0 Å². The molecule has 0 aliphatic heterocycles. The van der Waals surface area contributed by atoms with Gasteiger partial charge in [0.15, 0.2) is 6.10 Å². The van der Waals surface area contributed by atoms with Crippen molar-refractivity contribution in [2.75, 3.05) is 6.54 Å². The molecular weight excluding hydrogens is 371 g/mol. The summed E-state index contributed by atoms with van der Waals surface area (Å²) in [7, 11) is -4.42. The van der Waals surface area contributed by atoms with Crippen LogP contribution in [-0.2, 0) is 25.1 Å². The predicted molar refractivity (Wildman–Crippen MR) is 104 cm³/mol. The fourth-order valence-corrected chi connectivity index (χ4v) is 4.32. The number of unbranched alkanes of at least 4 members (excludes halogenated alkanes) is 1. The molecule has 0 spiro atoms. The summed E-state index contributed by atoms with van der Waals surface area (Å²) in [6.45, 7) is 3.71. The first-order valence-corrected chi connectivity index (χ1v) is 10.6. The van der Waals surface area contributed by atoms with Gasteiger partial charge in [0, 0.05) is 1.43 Å². The lowest BCUT2D eigenvalue weighted by atomic mass is 10.1. The molecule has 0 aromatic heterocycles. The summed E-state index contributed by atoms with van der Waals surface area (Å²) in [5, 5.41) is 11.8. The van der Waals surface area contributed by atoms with Crippen LogP contribution in [0.1, 0.15) is 40.1 Å². The smallest absolute Gasteiger partial charge is 0.351 e. The molecular formula is C18H31N2O6P. The Bertz CT molecular complexity index is 659. The van der Waals surface area contributed by atoms with E-state index in [0.29, 0.717) is 19.4 Å². The Morgan fingerprint density at radius 1 is 1.26 bits per heavy atom. The van der Waals surface area contributed by atoms with E-state index in [9.17, 15) is 24.2 Å². The normalized spacial score (nSPS) is 15.7. The maximum Gasteiger partial charge on any atom is 0.351 e. The zero-order chi connectivity index (χ0) is 20.4. The molecule has 0 bridgehead atoms. The third kappa shape index (κ3) is 8.22. The van der Waals surface area contributed by atoms with Crippen molar-refractivity contribution >= 4 is 19.5 Å². The van der Waals surface area contributed by atoms with Crippen molar-refractivity contribution in [1.82, 2.24) is 5.32 Å². The second-order valence-corrected chi connectivity index (χ2v) is 8.60. The zero-order valence-electron chi connectivity index (χ0n) is 15.7. The van der Waals surface area contributed by atoms with Gasteiger partial charge in [0.25, 0.3) is 0 Å². The second kappa shape index (κ2) is 11.2. The van der Waals surface area contributed by atoms with Crippen LogP contribution in [0.15, 0.2) is 30.3 Å². The van der Waals surface area contributed by atoms with E-state index in [-0.39, 0.29) is 14.3 Å². The van der Waals surface area contributed by atoms with Crippen LogP contribution in [0.3, 0.4) is 0 Å². The van der Waals surface area contributed by atoms with Crippen LogP contribution >= 0.6 is 7.60 Å². The van der Waals surface area contributed by atoms with Gasteiger partial charge in [-0.2, -0.15) is 0 Å². The predicted octanol–water partition coefficient (Wildman–Crippen LogP) is 2.36. The van der Waals surface area contributed by atoms with E-state index in [1.165, 1.54) is 0 Å². The number of rotatable bonds is 12. The Morgan fingerprint density at radius 3 is 2.41 bits per heavy atom. The van der Waals surface area contributed by atoms with E-state index < -0.39 is 37.3 Å². The fraction of sp³-hybridized carbons (Fsp3) is 0.556. The van der Waals surface area contributed by atoms with Crippen molar-refractivity contribution in [1.29, 1.82) is 0 Å². The number of nitrogens with two attached hydrogens (primary N) is 1. The van der Waals surface area contributed by atoms with E-state index in [4.69, 9.17) is 10.3 Å². The highest BCUT2D eigenvalue weighted by Crippen LogP contribution is 2.50. The molecule has 0 saturated carbocycles. The summed E-state index contributed by atoms with van der Waals surface area (Å²) < 4.78 is 17.8. The number of benzene rings is 1. The van der Waals surface area contributed by atoms with E-state index in [2.05, 4.69) is 5.32 Å². The molecule has 0 heterocycles. The van der Waals surface area contributed by atoms with Crippen LogP contribution < -0.4 is 11.1 Å². The molecule has 0 fully saturated rings. The molecule has 0 aliphatic rings. The summed E-state index contributed by atoms with van der Waals surface area (Å²) in [4.78, 5) is 34.0. The maximum atomic E-state index is 12.7. The Kier molecular flexibility index (Phi) is 9.66. The molecule has 1 rings (SSSR count). The second-order valence-electron chi connectivity index (χ2n) is 6.70. The summed E-state index contributed by atoms with van der Waals surface area (Å²) in [6.07, 6.45) is -0.271. The first kappa shape index (κ1) is 23.3. The largest absolute Gasteiger partial charge is 0.479 e. The minimum atomic E-state index is -4.42. The van der Waals surface area contributed by atoms with Gasteiger partial charge in [0.1, 0.15) is 5.78 Å². The number of hydrogen-bond acceptors (Lipinski definition) is 5. The van der Waals surface area contributed by atoms with Crippen LogP contribution in [-0.4, -0.2) is 40.3 Å². The number of carbonyl (C=O) groups excluding carboxylic acids is 1. The van der Waals surface area contributed by atoms with Crippen molar-refractivity contribution < 1.29 is 30.1 Å². The molecule has 1 aromatic rings. The van der Waals surface area contributed by atoms with Crippen LogP contribution in [0, 0.1) is 5.92 Å². The number of carboxylic acid groups (broad SMARTS) is 1. The molecule has 3 unspecified atom stereocenters. The van der Waals surface area contributed by atoms with E-state index in [0.717, 1.165) is 5.56 Å². The quantitative estimate of drug-likeness (QED) is 0.311. The average molecular weight is 402 g/mol. The SMILES string of the molecule is CC(C)C(NC(=O)Cc1ccccc1)P(=O)(O)OC(CCCCN)C(=O)O.[HH]. The Balaban J connectivity index is 0.00000729. The minimum absolute atomic E-state index is 0. The van der Waals surface area contributed by atoms with Gasteiger partial charge in [-0.1, -0.05) is 44.2 Å². The molecule has 0 radical (unpaired) electrons. The first-order valence-electron chi connectivity index (χ1n) is 8.94. The van der Waals surface area contributed by atoms with Gasteiger partial charge in [0.05, 0.1) is 6.42 Å². The van der Waals surface area contributed by atoms with Crippen molar-refractivity contribution in [2.45, 2.75) is 51.4 Å². The third-order valence-corrected chi connectivity index (χ3v) is 5.96. The van der Waals surface area contributed by atoms with Gasteiger partial charge >= 0.3 is 13.6 Å². The van der Waals surface area contributed by atoms with Crippen LogP contribution in [0.2, 0.25) is 0 Å². The fourth-order valence-electron chi connectivity index (χ4n) is 2.57. The van der Waals surface area contributed by atoms with Gasteiger partial charge in [-0.3, -0.25) is 13.9 Å². The van der Waals surface area contributed by atoms with Gasteiger partial charge in [-0.15, -0.1) is 0 Å². The molecule has 27 heavy (non-hydrogen) atoms. The number of amides is 1. The zero-order valence-corrected chi connectivity index (χ0v) is 16.6. The molecule has 8 nitrogen and oxygen atoms in total. The molecule has 154 valence electrons. The maximum absolute atomic E-state index is 12.7. The van der Waals surface area contributed by atoms with E-state index >= 15 is 0 Å². The molecule has 0 saturated heterocycles. The topological polar surface area (TPSA) is 139 Å². The molecule has 9 heteroatoms. The molecule has 1 aromatic carbocycles. The van der Waals surface area contributed by atoms with Gasteiger partial charge < -0.3 is 21.1 Å². The monoisotopic (exact) mass is 402 g/mol. The number of aliphatic carboxylic acids is 1. The molecule has 5 N–H and O–H groups in total. The number of carbonyl (C=O) groups is 2. The van der Waals surface area contributed by atoms with Crippen LogP contribution in [0.5, 0.6) is 0 Å².